The highest BCUT2D eigenvalue weighted by Gasteiger charge is 2.23. The molecule has 0 saturated heterocycles. The van der Waals surface area contributed by atoms with Crippen molar-refractivity contribution in [2.24, 2.45) is 5.84 Å². The van der Waals surface area contributed by atoms with E-state index >= 15 is 0 Å². The SMILES string of the molecule is CCn1ncc(Cl)c1C(NN)c1ncccc1Br. The van der Waals surface area contributed by atoms with Crippen molar-refractivity contribution in [3.63, 3.8) is 0 Å². The number of nitrogens with two attached hydrogens (primary N) is 1. The molecule has 2 aromatic heterocycles. The molecule has 96 valence electrons. The Balaban J connectivity index is 2.52. The highest BCUT2D eigenvalue weighted by atomic mass is 79.9. The molecule has 3 N–H and O–H groups in total. The number of hydrogen-bond donors (Lipinski definition) is 2. The van der Waals surface area contributed by atoms with Crippen molar-refractivity contribution < 1.29 is 0 Å². The van der Waals surface area contributed by atoms with Crippen LogP contribution in [0.4, 0.5) is 0 Å². The Bertz CT molecular complexity index is 542. The fourth-order valence-electron chi connectivity index (χ4n) is 1.81. The van der Waals surface area contributed by atoms with Gasteiger partial charge in [0.25, 0.3) is 0 Å². The lowest BCUT2D eigenvalue weighted by atomic mass is 10.1. The smallest absolute Gasteiger partial charge is 0.107 e. The predicted molar refractivity (Wildman–Crippen MR) is 74.0 cm³/mol. The van der Waals surface area contributed by atoms with Gasteiger partial charge in [0.1, 0.15) is 6.04 Å². The van der Waals surface area contributed by atoms with Crippen molar-refractivity contribution in [3.05, 3.63) is 45.4 Å². The number of nitrogens with zero attached hydrogens (tertiary/aromatic N) is 3. The molecule has 0 aliphatic rings. The Hall–Kier alpha value is -0.950. The number of rotatable bonds is 4. The molecule has 0 aliphatic heterocycles. The van der Waals surface area contributed by atoms with Gasteiger partial charge in [-0.3, -0.25) is 15.5 Å². The maximum Gasteiger partial charge on any atom is 0.107 e. The summed E-state index contributed by atoms with van der Waals surface area (Å²) in [6, 6.07) is 3.45. The molecule has 7 heteroatoms. The molecule has 1 atom stereocenters. The first-order chi connectivity index (χ1) is 8.69. The van der Waals surface area contributed by atoms with Gasteiger partial charge in [-0.1, -0.05) is 11.6 Å². The second-order valence-corrected chi connectivity index (χ2v) is 4.93. The molecule has 2 rings (SSSR count). The molecule has 0 aromatic carbocycles. The van der Waals surface area contributed by atoms with E-state index in [9.17, 15) is 0 Å². The van der Waals surface area contributed by atoms with Gasteiger partial charge in [-0.25, -0.2) is 5.43 Å². The summed E-state index contributed by atoms with van der Waals surface area (Å²) in [6.07, 6.45) is 3.33. The molecule has 2 heterocycles. The average molecular weight is 331 g/mol. The number of hydrazine groups is 1. The van der Waals surface area contributed by atoms with Crippen molar-refractivity contribution in [1.29, 1.82) is 0 Å². The molecule has 1 unspecified atom stereocenters. The van der Waals surface area contributed by atoms with E-state index in [0.717, 1.165) is 15.9 Å². The van der Waals surface area contributed by atoms with Crippen LogP contribution in [-0.4, -0.2) is 14.8 Å². The van der Waals surface area contributed by atoms with Crippen LogP contribution in [0.1, 0.15) is 24.4 Å². The van der Waals surface area contributed by atoms with E-state index < -0.39 is 0 Å². The lowest BCUT2D eigenvalue weighted by Crippen LogP contribution is -2.31. The van der Waals surface area contributed by atoms with Gasteiger partial charge >= 0.3 is 0 Å². The Morgan fingerprint density at radius 1 is 1.61 bits per heavy atom. The van der Waals surface area contributed by atoms with Gasteiger partial charge in [-0.15, -0.1) is 0 Å². The number of hydrogen-bond acceptors (Lipinski definition) is 4. The molecule has 0 spiro atoms. The van der Waals surface area contributed by atoms with E-state index in [1.165, 1.54) is 0 Å². The minimum Gasteiger partial charge on any atom is -0.270 e. The van der Waals surface area contributed by atoms with Crippen molar-refractivity contribution in [2.75, 3.05) is 0 Å². The number of nitrogens with one attached hydrogen (secondary N) is 1. The molecule has 0 amide bonds. The Morgan fingerprint density at radius 3 is 3.00 bits per heavy atom. The normalized spacial score (nSPS) is 12.7. The standard InChI is InChI=1S/C11H13BrClN5/c1-2-18-11(8(13)6-16-18)10(17-14)9-7(12)4-3-5-15-9/h3-6,10,17H,2,14H2,1H3. The van der Waals surface area contributed by atoms with Crippen LogP contribution in [0.15, 0.2) is 29.0 Å². The third kappa shape index (κ3) is 2.42. The minimum absolute atomic E-state index is 0.310. The number of halogens is 2. The Kier molecular flexibility index (Phi) is 4.34. The second kappa shape index (κ2) is 5.79. The molecule has 2 aromatic rings. The van der Waals surface area contributed by atoms with Gasteiger partial charge < -0.3 is 0 Å². The van der Waals surface area contributed by atoms with Crippen LogP contribution in [0.2, 0.25) is 5.02 Å². The number of aryl methyl sites for hydroxylation is 1. The third-order valence-corrected chi connectivity index (χ3v) is 3.60. The maximum atomic E-state index is 6.18. The topological polar surface area (TPSA) is 68.8 Å². The average Bonchev–Trinajstić information content (AvgIpc) is 2.74. The molecule has 18 heavy (non-hydrogen) atoms. The minimum atomic E-state index is -0.310. The van der Waals surface area contributed by atoms with Gasteiger partial charge in [-0.2, -0.15) is 5.10 Å². The first-order valence-electron chi connectivity index (χ1n) is 5.46. The van der Waals surface area contributed by atoms with Crippen LogP contribution in [0.3, 0.4) is 0 Å². The highest BCUT2D eigenvalue weighted by Crippen LogP contribution is 2.30. The van der Waals surface area contributed by atoms with Gasteiger partial charge in [0.2, 0.25) is 0 Å². The van der Waals surface area contributed by atoms with Crippen LogP contribution in [0.5, 0.6) is 0 Å². The Labute approximate surface area is 118 Å². The van der Waals surface area contributed by atoms with E-state index in [0.29, 0.717) is 11.6 Å². The first kappa shape index (κ1) is 13.5. The van der Waals surface area contributed by atoms with Gasteiger partial charge in [0, 0.05) is 17.2 Å². The molecule has 0 radical (unpaired) electrons. The Morgan fingerprint density at radius 2 is 2.39 bits per heavy atom. The molecule has 0 aliphatic carbocycles. The quantitative estimate of drug-likeness (QED) is 0.666. The zero-order chi connectivity index (χ0) is 13.1. The van der Waals surface area contributed by atoms with Gasteiger partial charge in [-0.05, 0) is 35.0 Å². The fourth-order valence-corrected chi connectivity index (χ4v) is 2.54. The lowest BCUT2D eigenvalue weighted by Gasteiger charge is -2.18. The van der Waals surface area contributed by atoms with Gasteiger partial charge in [0.05, 0.1) is 22.6 Å². The van der Waals surface area contributed by atoms with Crippen LogP contribution >= 0.6 is 27.5 Å². The molecule has 0 fully saturated rings. The van der Waals surface area contributed by atoms with Crippen molar-refractivity contribution >= 4 is 27.5 Å². The maximum absolute atomic E-state index is 6.18. The summed E-state index contributed by atoms with van der Waals surface area (Å²) in [4.78, 5) is 4.33. The van der Waals surface area contributed by atoms with E-state index in [4.69, 9.17) is 17.4 Å². The van der Waals surface area contributed by atoms with E-state index in [2.05, 4.69) is 31.4 Å². The van der Waals surface area contributed by atoms with E-state index in [1.54, 1.807) is 17.1 Å². The largest absolute Gasteiger partial charge is 0.270 e. The molecule has 5 nitrogen and oxygen atoms in total. The summed E-state index contributed by atoms with van der Waals surface area (Å²) < 4.78 is 2.67. The molecular formula is C11H13BrClN5. The first-order valence-corrected chi connectivity index (χ1v) is 6.63. The highest BCUT2D eigenvalue weighted by molar-refractivity contribution is 9.10. The fraction of sp³-hybridized carbons (Fsp3) is 0.273. The van der Waals surface area contributed by atoms with Crippen LogP contribution < -0.4 is 11.3 Å². The zero-order valence-electron chi connectivity index (χ0n) is 9.77. The van der Waals surface area contributed by atoms with Crippen LogP contribution in [0, 0.1) is 0 Å². The van der Waals surface area contributed by atoms with Crippen LogP contribution in [0.25, 0.3) is 0 Å². The summed E-state index contributed by atoms with van der Waals surface area (Å²) in [5, 5.41) is 4.77. The number of pyridine rings is 1. The monoisotopic (exact) mass is 329 g/mol. The summed E-state index contributed by atoms with van der Waals surface area (Å²) in [5.74, 6) is 5.65. The summed E-state index contributed by atoms with van der Waals surface area (Å²) in [6.45, 7) is 2.71. The summed E-state index contributed by atoms with van der Waals surface area (Å²) in [7, 11) is 0. The molecular weight excluding hydrogens is 318 g/mol. The van der Waals surface area contributed by atoms with Crippen molar-refractivity contribution in [3.8, 4) is 0 Å². The third-order valence-electron chi connectivity index (χ3n) is 2.63. The van der Waals surface area contributed by atoms with Crippen LogP contribution in [-0.2, 0) is 6.54 Å². The zero-order valence-corrected chi connectivity index (χ0v) is 12.1. The molecule has 0 bridgehead atoms. The van der Waals surface area contributed by atoms with Crippen molar-refractivity contribution in [1.82, 2.24) is 20.2 Å². The van der Waals surface area contributed by atoms with Gasteiger partial charge in [0.15, 0.2) is 0 Å². The molecule has 0 saturated carbocycles. The van der Waals surface area contributed by atoms with E-state index in [1.807, 2.05) is 19.1 Å². The van der Waals surface area contributed by atoms with E-state index in [-0.39, 0.29) is 6.04 Å². The lowest BCUT2D eigenvalue weighted by molar-refractivity contribution is 0.534. The second-order valence-electron chi connectivity index (χ2n) is 3.66. The summed E-state index contributed by atoms with van der Waals surface area (Å²) >= 11 is 9.64. The number of aromatic nitrogens is 3. The predicted octanol–water partition coefficient (Wildman–Crippen LogP) is 2.27. The summed E-state index contributed by atoms with van der Waals surface area (Å²) in [5.41, 5.74) is 4.32. The van der Waals surface area contributed by atoms with Crippen molar-refractivity contribution in [2.45, 2.75) is 19.5 Å².